The van der Waals surface area contributed by atoms with Crippen LogP contribution in [0, 0.1) is 5.82 Å². The second-order valence-corrected chi connectivity index (χ2v) is 11.1. The molecule has 0 aliphatic carbocycles. The first-order valence-corrected chi connectivity index (χ1v) is 14.9. The summed E-state index contributed by atoms with van der Waals surface area (Å²) in [5.74, 6) is 0.781. The van der Waals surface area contributed by atoms with Gasteiger partial charge in [0.2, 0.25) is 11.7 Å². The van der Waals surface area contributed by atoms with Gasteiger partial charge in [-0.3, -0.25) is 23.5 Å². The van der Waals surface area contributed by atoms with E-state index in [2.05, 4.69) is 25.3 Å². The highest BCUT2D eigenvalue weighted by molar-refractivity contribution is 6.31. The summed E-state index contributed by atoms with van der Waals surface area (Å²) in [6.07, 6.45) is 1.46. The van der Waals surface area contributed by atoms with Gasteiger partial charge in [0.1, 0.15) is 11.6 Å². The van der Waals surface area contributed by atoms with E-state index in [1.54, 1.807) is 22.8 Å². The van der Waals surface area contributed by atoms with Gasteiger partial charge in [-0.25, -0.2) is 4.39 Å². The highest BCUT2D eigenvalue weighted by Crippen LogP contribution is 2.21. The molecule has 0 unspecified atom stereocenters. The molecule has 0 spiro atoms. The lowest BCUT2D eigenvalue weighted by Gasteiger charge is -2.36. The zero-order valence-electron chi connectivity index (χ0n) is 23.8. The number of aryl methyl sites for hydroxylation is 1. The maximum Gasteiger partial charge on any atom is 0.263 e. The molecule has 0 saturated carbocycles. The van der Waals surface area contributed by atoms with Gasteiger partial charge in [-0.05, 0) is 48.9 Å². The van der Waals surface area contributed by atoms with Crippen LogP contribution in [0.3, 0.4) is 0 Å². The molecule has 1 fully saturated rings. The third-order valence-corrected chi connectivity index (χ3v) is 8.34. The summed E-state index contributed by atoms with van der Waals surface area (Å²) in [4.78, 5) is 30.6. The largest absolute Gasteiger partial charge is 0.367 e. The van der Waals surface area contributed by atoms with E-state index in [1.807, 2.05) is 52.9 Å². The first-order chi connectivity index (χ1) is 21.0. The molecule has 1 saturated heterocycles. The fraction of sp³-hybridized carbons (Fsp3) is 0.312. The molecule has 6 rings (SSSR count). The molecule has 1 N–H and O–H groups in total. The number of nitrogens with one attached hydrogen (secondary N) is 1. The molecule has 11 heteroatoms. The summed E-state index contributed by atoms with van der Waals surface area (Å²) in [5, 5.41) is 12.9. The van der Waals surface area contributed by atoms with Crippen molar-refractivity contribution in [1.82, 2.24) is 29.4 Å². The molecule has 43 heavy (non-hydrogen) atoms. The van der Waals surface area contributed by atoms with Crippen LogP contribution in [-0.2, 0) is 17.8 Å². The fourth-order valence-corrected chi connectivity index (χ4v) is 5.88. The monoisotopic (exact) mass is 601 g/mol. The Balaban J connectivity index is 1.05. The average Bonchev–Trinajstić information content (AvgIpc) is 3.46. The minimum Gasteiger partial charge on any atom is -0.367 e. The normalized spacial score (nSPS) is 14.0. The first kappa shape index (κ1) is 28.8. The maximum atomic E-state index is 14.1. The summed E-state index contributed by atoms with van der Waals surface area (Å²) in [5.41, 5.74) is 1.99. The van der Waals surface area contributed by atoms with Crippen LogP contribution in [0.25, 0.3) is 16.7 Å². The molecule has 2 aromatic heterocycles. The molecule has 3 heterocycles. The number of nitrogens with zero attached hydrogens (tertiary/aromatic N) is 6. The summed E-state index contributed by atoms with van der Waals surface area (Å²) in [7, 11) is 0. The number of hydrogen-bond acceptors (Lipinski definition) is 6. The minimum atomic E-state index is -0.183. The molecule has 0 atom stereocenters. The highest BCUT2D eigenvalue weighted by atomic mass is 35.5. The van der Waals surface area contributed by atoms with Crippen LogP contribution in [0.5, 0.6) is 0 Å². The standard InChI is InChI=1S/C32H33ClFN7O2/c33-25-10-3-1-8-23(25)22-40-31(43)24-9-2-5-12-27(24)41-29(36-37-32(40)41)14-15-30(42)35-16-7-17-38-18-20-39(21-19-38)28-13-6-4-11-26(28)34/h1-6,8-13H,7,14-22H2,(H,35,42). The molecule has 1 aliphatic heterocycles. The second-order valence-electron chi connectivity index (χ2n) is 10.7. The van der Waals surface area contributed by atoms with Gasteiger partial charge in [0.15, 0.2) is 0 Å². The van der Waals surface area contributed by atoms with Gasteiger partial charge < -0.3 is 10.2 Å². The predicted molar refractivity (Wildman–Crippen MR) is 166 cm³/mol. The number of piperazine rings is 1. The van der Waals surface area contributed by atoms with Crippen molar-refractivity contribution in [2.75, 3.05) is 44.2 Å². The van der Waals surface area contributed by atoms with Gasteiger partial charge in [0, 0.05) is 50.6 Å². The third-order valence-electron chi connectivity index (χ3n) is 7.98. The molecular formula is C32H33ClFN7O2. The van der Waals surface area contributed by atoms with Gasteiger partial charge in [-0.2, -0.15) is 0 Å². The van der Waals surface area contributed by atoms with Crippen LogP contribution >= 0.6 is 11.6 Å². The van der Waals surface area contributed by atoms with Gasteiger partial charge in [-0.15, -0.1) is 10.2 Å². The predicted octanol–water partition coefficient (Wildman–Crippen LogP) is 4.15. The molecule has 3 aromatic carbocycles. The van der Waals surface area contributed by atoms with Crippen molar-refractivity contribution in [3.63, 3.8) is 0 Å². The minimum absolute atomic E-state index is 0.0604. The van der Waals surface area contributed by atoms with E-state index < -0.39 is 0 Å². The molecule has 1 aliphatic rings. The van der Waals surface area contributed by atoms with E-state index in [9.17, 15) is 14.0 Å². The SMILES string of the molecule is O=C(CCc1nnc2n(Cc3ccccc3Cl)c(=O)c3ccccc3n12)NCCCN1CCN(c2ccccc2F)CC1. The molecule has 5 aromatic rings. The van der Waals surface area contributed by atoms with E-state index in [4.69, 9.17) is 11.6 Å². The van der Waals surface area contributed by atoms with Gasteiger partial charge in [0.25, 0.3) is 5.56 Å². The topological polar surface area (TPSA) is 87.8 Å². The smallest absolute Gasteiger partial charge is 0.263 e. The number of para-hydroxylation sites is 2. The lowest BCUT2D eigenvalue weighted by molar-refractivity contribution is -0.121. The van der Waals surface area contributed by atoms with Gasteiger partial charge in [-0.1, -0.05) is 54.1 Å². The number of carbonyl (C=O) groups is 1. The Kier molecular flexibility index (Phi) is 8.67. The van der Waals surface area contributed by atoms with Crippen LogP contribution in [0.1, 0.15) is 24.2 Å². The Morgan fingerprint density at radius 2 is 1.67 bits per heavy atom. The molecular weight excluding hydrogens is 569 g/mol. The number of rotatable bonds is 10. The number of benzene rings is 3. The van der Waals surface area contributed by atoms with Crippen molar-refractivity contribution in [2.24, 2.45) is 0 Å². The molecule has 1 amide bonds. The summed E-state index contributed by atoms with van der Waals surface area (Å²) in [6, 6.07) is 21.7. The van der Waals surface area contributed by atoms with Crippen LogP contribution in [0.15, 0.2) is 77.6 Å². The summed E-state index contributed by atoms with van der Waals surface area (Å²) < 4.78 is 17.5. The van der Waals surface area contributed by atoms with Crippen molar-refractivity contribution < 1.29 is 9.18 Å². The third kappa shape index (κ3) is 6.25. The Hall–Kier alpha value is -4.28. The Morgan fingerprint density at radius 3 is 2.49 bits per heavy atom. The number of anilines is 1. The number of carbonyl (C=O) groups excluding carboxylic acids is 1. The molecule has 0 bridgehead atoms. The summed E-state index contributed by atoms with van der Waals surface area (Å²) >= 11 is 6.40. The van der Waals surface area contributed by atoms with E-state index in [-0.39, 0.29) is 30.2 Å². The van der Waals surface area contributed by atoms with Crippen molar-refractivity contribution in [3.05, 3.63) is 105 Å². The van der Waals surface area contributed by atoms with Crippen LogP contribution < -0.4 is 15.8 Å². The Morgan fingerprint density at radius 1 is 0.930 bits per heavy atom. The van der Waals surface area contributed by atoms with Crippen molar-refractivity contribution in [3.8, 4) is 0 Å². The molecule has 9 nitrogen and oxygen atoms in total. The van der Waals surface area contributed by atoms with Crippen molar-refractivity contribution >= 4 is 39.9 Å². The Bertz CT molecular complexity index is 1810. The van der Waals surface area contributed by atoms with Crippen LogP contribution in [-0.4, -0.2) is 69.2 Å². The van der Waals surface area contributed by atoms with Gasteiger partial charge >= 0.3 is 0 Å². The number of aromatic nitrogens is 4. The van der Waals surface area contributed by atoms with E-state index in [0.717, 1.165) is 44.7 Å². The van der Waals surface area contributed by atoms with Crippen molar-refractivity contribution in [2.45, 2.75) is 25.8 Å². The summed E-state index contributed by atoms with van der Waals surface area (Å²) in [6.45, 7) is 4.97. The number of amides is 1. The van der Waals surface area contributed by atoms with E-state index >= 15 is 0 Å². The average molecular weight is 602 g/mol. The fourth-order valence-electron chi connectivity index (χ4n) is 5.68. The van der Waals surface area contributed by atoms with Crippen molar-refractivity contribution in [1.29, 1.82) is 0 Å². The van der Waals surface area contributed by atoms with E-state index in [1.165, 1.54) is 6.07 Å². The van der Waals surface area contributed by atoms with E-state index in [0.29, 0.717) is 46.2 Å². The number of halogens is 2. The highest BCUT2D eigenvalue weighted by Gasteiger charge is 2.20. The zero-order valence-corrected chi connectivity index (χ0v) is 24.5. The molecule has 222 valence electrons. The quantitative estimate of drug-likeness (QED) is 0.242. The zero-order chi connectivity index (χ0) is 29.8. The number of hydrogen-bond donors (Lipinski definition) is 1. The lowest BCUT2D eigenvalue weighted by Crippen LogP contribution is -2.47. The van der Waals surface area contributed by atoms with Gasteiger partial charge in [0.05, 0.1) is 23.1 Å². The number of fused-ring (bicyclic) bond motifs is 3. The van der Waals surface area contributed by atoms with Crippen LogP contribution in [0.2, 0.25) is 5.02 Å². The second kappa shape index (κ2) is 12.9. The Labute approximate surface area is 253 Å². The van der Waals surface area contributed by atoms with Crippen LogP contribution in [0.4, 0.5) is 10.1 Å². The lowest BCUT2D eigenvalue weighted by atomic mass is 10.2. The first-order valence-electron chi connectivity index (χ1n) is 14.6. The maximum absolute atomic E-state index is 14.1. The molecule has 0 radical (unpaired) electrons.